The molecular weight excluding hydrogens is 216 g/mol. The van der Waals surface area contributed by atoms with Crippen LogP contribution in [-0.2, 0) is 10.2 Å². The Hall–Kier alpha value is -1.51. The molecule has 0 bridgehead atoms. The SMILES string of the molecule is CCC(C)(C(=O)O)c1ccc(OC(C)C)cc1. The molecule has 0 aliphatic rings. The average molecular weight is 236 g/mol. The molecule has 3 nitrogen and oxygen atoms in total. The van der Waals surface area contributed by atoms with Gasteiger partial charge in [0.15, 0.2) is 0 Å². The monoisotopic (exact) mass is 236 g/mol. The third kappa shape index (κ3) is 2.99. The first kappa shape index (κ1) is 13.6. The molecule has 0 aromatic heterocycles. The van der Waals surface area contributed by atoms with Crippen molar-refractivity contribution in [3.05, 3.63) is 29.8 Å². The number of hydrogen-bond donors (Lipinski definition) is 1. The molecule has 94 valence electrons. The molecule has 0 saturated heterocycles. The molecule has 1 atom stereocenters. The van der Waals surface area contributed by atoms with Gasteiger partial charge in [0.05, 0.1) is 11.5 Å². The molecule has 0 spiro atoms. The maximum absolute atomic E-state index is 11.3. The van der Waals surface area contributed by atoms with Crippen LogP contribution in [0.2, 0.25) is 0 Å². The van der Waals surface area contributed by atoms with Gasteiger partial charge in [-0.25, -0.2) is 0 Å². The number of carboxylic acid groups (broad SMARTS) is 1. The van der Waals surface area contributed by atoms with Gasteiger partial charge >= 0.3 is 5.97 Å². The van der Waals surface area contributed by atoms with Gasteiger partial charge in [0, 0.05) is 0 Å². The lowest BCUT2D eigenvalue weighted by molar-refractivity contribution is -0.143. The van der Waals surface area contributed by atoms with Crippen LogP contribution < -0.4 is 4.74 Å². The van der Waals surface area contributed by atoms with Crippen molar-refractivity contribution in [3.8, 4) is 5.75 Å². The van der Waals surface area contributed by atoms with Crippen molar-refractivity contribution >= 4 is 5.97 Å². The maximum atomic E-state index is 11.3. The first-order valence-electron chi connectivity index (χ1n) is 5.90. The van der Waals surface area contributed by atoms with E-state index in [0.29, 0.717) is 6.42 Å². The number of carboxylic acids is 1. The molecule has 0 aliphatic carbocycles. The van der Waals surface area contributed by atoms with E-state index in [1.165, 1.54) is 0 Å². The summed E-state index contributed by atoms with van der Waals surface area (Å²) in [6.07, 6.45) is 0.685. The zero-order chi connectivity index (χ0) is 13.1. The summed E-state index contributed by atoms with van der Waals surface area (Å²) in [5, 5.41) is 9.27. The summed E-state index contributed by atoms with van der Waals surface area (Å²) >= 11 is 0. The lowest BCUT2D eigenvalue weighted by Crippen LogP contribution is -2.31. The molecule has 0 fully saturated rings. The van der Waals surface area contributed by atoms with E-state index in [2.05, 4.69) is 0 Å². The highest BCUT2D eigenvalue weighted by atomic mass is 16.5. The molecule has 0 radical (unpaired) electrons. The Bertz CT molecular complexity index is 381. The van der Waals surface area contributed by atoms with E-state index in [-0.39, 0.29) is 6.10 Å². The quantitative estimate of drug-likeness (QED) is 0.853. The molecule has 0 amide bonds. The Morgan fingerprint density at radius 3 is 2.24 bits per heavy atom. The van der Waals surface area contributed by atoms with Crippen LogP contribution in [0.5, 0.6) is 5.75 Å². The largest absolute Gasteiger partial charge is 0.491 e. The summed E-state index contributed by atoms with van der Waals surface area (Å²) in [6.45, 7) is 7.54. The van der Waals surface area contributed by atoms with E-state index in [4.69, 9.17) is 4.74 Å². The van der Waals surface area contributed by atoms with Gasteiger partial charge in [-0.1, -0.05) is 19.1 Å². The summed E-state index contributed by atoms with van der Waals surface area (Å²) in [6, 6.07) is 7.31. The predicted octanol–water partition coefficient (Wildman–Crippen LogP) is 3.23. The van der Waals surface area contributed by atoms with Crippen molar-refractivity contribution in [2.75, 3.05) is 0 Å². The fourth-order valence-electron chi connectivity index (χ4n) is 1.65. The normalized spacial score (nSPS) is 14.4. The van der Waals surface area contributed by atoms with Crippen molar-refractivity contribution in [2.45, 2.75) is 45.6 Å². The molecule has 17 heavy (non-hydrogen) atoms. The summed E-state index contributed by atoms with van der Waals surface area (Å²) in [5.74, 6) is -0.0230. The Kier molecular flexibility index (Phi) is 4.16. The Morgan fingerprint density at radius 1 is 1.35 bits per heavy atom. The van der Waals surface area contributed by atoms with E-state index in [1.807, 2.05) is 45.0 Å². The Morgan fingerprint density at radius 2 is 1.88 bits per heavy atom. The van der Waals surface area contributed by atoms with Crippen LogP contribution in [0.25, 0.3) is 0 Å². The molecular formula is C14H20O3. The van der Waals surface area contributed by atoms with Crippen molar-refractivity contribution < 1.29 is 14.6 Å². The minimum absolute atomic E-state index is 0.123. The van der Waals surface area contributed by atoms with Crippen LogP contribution in [0, 0.1) is 0 Å². The fraction of sp³-hybridized carbons (Fsp3) is 0.500. The fourth-order valence-corrected chi connectivity index (χ4v) is 1.65. The average Bonchev–Trinajstić information content (AvgIpc) is 2.28. The highest BCUT2D eigenvalue weighted by Gasteiger charge is 2.32. The van der Waals surface area contributed by atoms with Gasteiger partial charge < -0.3 is 9.84 Å². The van der Waals surface area contributed by atoms with E-state index in [0.717, 1.165) is 11.3 Å². The summed E-state index contributed by atoms with van der Waals surface area (Å²) in [4.78, 5) is 11.3. The van der Waals surface area contributed by atoms with E-state index < -0.39 is 11.4 Å². The van der Waals surface area contributed by atoms with Gasteiger partial charge in [-0.05, 0) is 44.9 Å². The first-order valence-corrected chi connectivity index (χ1v) is 5.90. The molecule has 1 unspecified atom stereocenters. The number of aliphatic carboxylic acids is 1. The predicted molar refractivity (Wildman–Crippen MR) is 67.5 cm³/mol. The lowest BCUT2D eigenvalue weighted by Gasteiger charge is -2.23. The van der Waals surface area contributed by atoms with Gasteiger partial charge in [0.25, 0.3) is 0 Å². The van der Waals surface area contributed by atoms with Crippen molar-refractivity contribution in [1.29, 1.82) is 0 Å². The Labute approximate surface area is 102 Å². The molecule has 3 heteroatoms. The highest BCUT2D eigenvalue weighted by Crippen LogP contribution is 2.29. The number of hydrogen-bond acceptors (Lipinski definition) is 2. The second kappa shape index (κ2) is 5.21. The van der Waals surface area contributed by atoms with Crippen molar-refractivity contribution in [3.63, 3.8) is 0 Å². The molecule has 0 heterocycles. The van der Waals surface area contributed by atoms with Crippen LogP contribution in [0.1, 0.15) is 39.7 Å². The highest BCUT2D eigenvalue weighted by molar-refractivity contribution is 5.80. The summed E-state index contributed by atoms with van der Waals surface area (Å²) < 4.78 is 5.53. The van der Waals surface area contributed by atoms with E-state index >= 15 is 0 Å². The molecule has 1 aromatic carbocycles. The molecule has 1 rings (SSSR count). The second-order valence-electron chi connectivity index (χ2n) is 4.68. The zero-order valence-corrected chi connectivity index (χ0v) is 10.9. The molecule has 0 aliphatic heterocycles. The van der Waals surface area contributed by atoms with Gasteiger partial charge in [0.2, 0.25) is 0 Å². The topological polar surface area (TPSA) is 46.5 Å². The third-order valence-corrected chi connectivity index (χ3v) is 3.04. The zero-order valence-electron chi connectivity index (χ0n) is 10.9. The third-order valence-electron chi connectivity index (χ3n) is 3.04. The summed E-state index contributed by atoms with van der Waals surface area (Å²) in [7, 11) is 0. The van der Waals surface area contributed by atoms with Crippen molar-refractivity contribution in [1.82, 2.24) is 0 Å². The van der Waals surface area contributed by atoms with Gasteiger partial charge in [-0.15, -0.1) is 0 Å². The maximum Gasteiger partial charge on any atom is 0.313 e. The summed E-state index contributed by atoms with van der Waals surface area (Å²) in [5.41, 5.74) is -0.0142. The van der Waals surface area contributed by atoms with Gasteiger partial charge in [0.1, 0.15) is 5.75 Å². The molecule has 1 aromatic rings. The number of ether oxygens (including phenoxy) is 1. The van der Waals surface area contributed by atoms with Crippen LogP contribution >= 0.6 is 0 Å². The van der Waals surface area contributed by atoms with E-state index in [1.54, 1.807) is 6.92 Å². The number of carbonyl (C=O) groups is 1. The number of rotatable bonds is 5. The van der Waals surface area contributed by atoms with Crippen LogP contribution in [0.3, 0.4) is 0 Å². The standard InChI is InChI=1S/C14H20O3/c1-5-14(4,13(15)16)11-6-8-12(9-7-11)17-10(2)3/h6-10H,5H2,1-4H3,(H,15,16). The van der Waals surface area contributed by atoms with Crippen LogP contribution in [-0.4, -0.2) is 17.2 Å². The lowest BCUT2D eigenvalue weighted by atomic mass is 9.80. The molecule has 0 saturated carbocycles. The minimum Gasteiger partial charge on any atom is -0.491 e. The molecule has 1 N–H and O–H groups in total. The first-order chi connectivity index (χ1) is 7.90. The van der Waals surface area contributed by atoms with Crippen molar-refractivity contribution in [2.24, 2.45) is 0 Å². The van der Waals surface area contributed by atoms with Crippen LogP contribution in [0.4, 0.5) is 0 Å². The number of benzene rings is 1. The Balaban J connectivity index is 2.97. The second-order valence-corrected chi connectivity index (χ2v) is 4.68. The van der Waals surface area contributed by atoms with E-state index in [9.17, 15) is 9.90 Å². The van der Waals surface area contributed by atoms with Crippen LogP contribution in [0.15, 0.2) is 24.3 Å². The van der Waals surface area contributed by atoms with Gasteiger partial charge in [-0.3, -0.25) is 4.79 Å². The minimum atomic E-state index is -0.823. The smallest absolute Gasteiger partial charge is 0.313 e. The van der Waals surface area contributed by atoms with Gasteiger partial charge in [-0.2, -0.15) is 0 Å².